The number of carbonyl (C=O) groups excluding carboxylic acids is 3. The van der Waals surface area contributed by atoms with Crippen LogP contribution in [0.25, 0.3) is 0 Å². The van der Waals surface area contributed by atoms with Gasteiger partial charge in [-0.25, -0.2) is 0 Å². The highest BCUT2D eigenvalue weighted by Crippen LogP contribution is 2.23. The number of amides is 2. The van der Waals surface area contributed by atoms with E-state index in [0.717, 1.165) is 19.3 Å². The van der Waals surface area contributed by atoms with Crippen LogP contribution in [0.15, 0.2) is 24.3 Å². The molecule has 0 unspecified atom stereocenters. The number of piperazine rings is 1. The fraction of sp³-hybridized carbons (Fsp3) is 0.571. The van der Waals surface area contributed by atoms with Crippen LogP contribution in [0.1, 0.15) is 56.3 Å². The van der Waals surface area contributed by atoms with Crippen LogP contribution in [-0.2, 0) is 14.3 Å². The molecule has 1 heterocycles. The van der Waals surface area contributed by atoms with E-state index in [4.69, 9.17) is 9.47 Å². The van der Waals surface area contributed by atoms with E-state index in [1.54, 1.807) is 18.2 Å². The third-order valence-electron chi connectivity index (χ3n) is 4.54. The van der Waals surface area contributed by atoms with Gasteiger partial charge in [0.2, 0.25) is 5.91 Å². The number of benzene rings is 1. The van der Waals surface area contributed by atoms with Crippen LogP contribution in [0.2, 0.25) is 0 Å². The molecule has 1 saturated heterocycles. The van der Waals surface area contributed by atoms with Crippen molar-refractivity contribution in [3.63, 3.8) is 0 Å². The first-order chi connectivity index (χ1) is 13.6. The normalized spacial score (nSPS) is 16.4. The molecular formula is C21H30N2O5. The van der Waals surface area contributed by atoms with Crippen molar-refractivity contribution in [1.29, 1.82) is 0 Å². The van der Waals surface area contributed by atoms with Crippen LogP contribution in [-0.4, -0.2) is 55.0 Å². The number of para-hydroxylation sites is 1. The SMILES string of the molecule is CCCCCOc1ccccc1C(=O)N1CCNC(=O)[C@@H]1CC(=O)OCCC. The summed E-state index contributed by atoms with van der Waals surface area (Å²) < 4.78 is 10.9. The highest BCUT2D eigenvalue weighted by atomic mass is 16.5. The predicted octanol–water partition coefficient (Wildman–Crippen LogP) is 2.54. The van der Waals surface area contributed by atoms with E-state index in [1.165, 1.54) is 4.90 Å². The van der Waals surface area contributed by atoms with Gasteiger partial charge >= 0.3 is 5.97 Å². The molecule has 1 aromatic carbocycles. The number of unbranched alkanes of at least 4 members (excludes halogenated alkanes) is 2. The van der Waals surface area contributed by atoms with Gasteiger partial charge in [0.1, 0.15) is 11.8 Å². The molecule has 0 saturated carbocycles. The van der Waals surface area contributed by atoms with Crippen molar-refractivity contribution in [2.75, 3.05) is 26.3 Å². The van der Waals surface area contributed by atoms with Crippen molar-refractivity contribution in [2.45, 2.75) is 52.0 Å². The Hall–Kier alpha value is -2.57. The minimum absolute atomic E-state index is 0.156. The smallest absolute Gasteiger partial charge is 0.308 e. The van der Waals surface area contributed by atoms with E-state index in [0.29, 0.717) is 44.0 Å². The average Bonchev–Trinajstić information content (AvgIpc) is 2.71. The maximum Gasteiger partial charge on any atom is 0.308 e. The molecule has 1 N–H and O–H groups in total. The molecule has 1 aromatic rings. The van der Waals surface area contributed by atoms with Crippen molar-refractivity contribution in [2.24, 2.45) is 0 Å². The summed E-state index contributed by atoms with van der Waals surface area (Å²) in [7, 11) is 0. The summed E-state index contributed by atoms with van der Waals surface area (Å²) in [5.74, 6) is -0.628. The van der Waals surface area contributed by atoms with Gasteiger partial charge < -0.3 is 19.7 Å². The second kappa shape index (κ2) is 11.3. The van der Waals surface area contributed by atoms with Gasteiger partial charge in [0.25, 0.3) is 5.91 Å². The molecule has 2 rings (SSSR count). The Kier molecular flexibility index (Phi) is 8.78. The molecule has 1 fully saturated rings. The van der Waals surface area contributed by atoms with Crippen molar-refractivity contribution in [3.8, 4) is 5.75 Å². The summed E-state index contributed by atoms with van der Waals surface area (Å²) in [6.07, 6.45) is 3.61. The fourth-order valence-corrected chi connectivity index (χ4v) is 3.05. The number of ether oxygens (including phenoxy) is 2. The molecule has 28 heavy (non-hydrogen) atoms. The lowest BCUT2D eigenvalue weighted by atomic mass is 10.1. The lowest BCUT2D eigenvalue weighted by Gasteiger charge is -2.34. The monoisotopic (exact) mass is 390 g/mol. The Morgan fingerprint density at radius 2 is 1.93 bits per heavy atom. The van der Waals surface area contributed by atoms with Gasteiger partial charge in [-0.1, -0.05) is 38.8 Å². The first-order valence-electron chi connectivity index (χ1n) is 10.0. The summed E-state index contributed by atoms with van der Waals surface area (Å²) in [4.78, 5) is 39.0. The van der Waals surface area contributed by atoms with Gasteiger partial charge in [0, 0.05) is 13.1 Å². The van der Waals surface area contributed by atoms with Crippen molar-refractivity contribution in [3.05, 3.63) is 29.8 Å². The molecule has 154 valence electrons. The van der Waals surface area contributed by atoms with E-state index < -0.39 is 12.0 Å². The lowest BCUT2D eigenvalue weighted by molar-refractivity contribution is -0.147. The molecule has 0 aliphatic carbocycles. The number of hydrogen-bond donors (Lipinski definition) is 1. The highest BCUT2D eigenvalue weighted by Gasteiger charge is 2.36. The number of carbonyl (C=O) groups is 3. The Labute approximate surface area is 166 Å². The molecule has 2 amide bonds. The number of nitrogens with zero attached hydrogens (tertiary/aromatic N) is 1. The standard InChI is InChI=1S/C21H30N2O5/c1-3-5-8-14-27-18-10-7-6-9-16(18)21(26)23-12-11-22-20(25)17(23)15-19(24)28-13-4-2/h6-7,9-10,17H,3-5,8,11-15H2,1-2H3,(H,22,25)/t17-/m0/s1. The molecule has 1 atom stereocenters. The summed E-state index contributed by atoms with van der Waals surface area (Å²) >= 11 is 0. The average molecular weight is 390 g/mol. The van der Waals surface area contributed by atoms with Crippen LogP contribution < -0.4 is 10.1 Å². The Bertz CT molecular complexity index is 677. The van der Waals surface area contributed by atoms with Crippen LogP contribution in [0.4, 0.5) is 0 Å². The fourth-order valence-electron chi connectivity index (χ4n) is 3.05. The summed E-state index contributed by atoms with van der Waals surface area (Å²) in [5, 5.41) is 2.72. The number of esters is 1. The van der Waals surface area contributed by atoms with Gasteiger partial charge in [0.05, 0.1) is 25.2 Å². The second-order valence-corrected chi connectivity index (χ2v) is 6.78. The molecule has 0 spiro atoms. The predicted molar refractivity (Wildman–Crippen MR) is 105 cm³/mol. The Balaban J connectivity index is 2.13. The van der Waals surface area contributed by atoms with Gasteiger partial charge in [-0.15, -0.1) is 0 Å². The first-order valence-corrected chi connectivity index (χ1v) is 10.0. The zero-order valence-electron chi connectivity index (χ0n) is 16.7. The summed E-state index contributed by atoms with van der Waals surface area (Å²) in [6, 6.07) is 6.15. The van der Waals surface area contributed by atoms with E-state index in [9.17, 15) is 14.4 Å². The van der Waals surface area contributed by atoms with E-state index in [2.05, 4.69) is 12.2 Å². The van der Waals surface area contributed by atoms with Gasteiger partial charge in [-0.2, -0.15) is 0 Å². The lowest BCUT2D eigenvalue weighted by Crippen LogP contribution is -2.57. The molecular weight excluding hydrogens is 360 g/mol. The third-order valence-corrected chi connectivity index (χ3v) is 4.54. The zero-order valence-corrected chi connectivity index (χ0v) is 16.7. The Morgan fingerprint density at radius 3 is 2.68 bits per heavy atom. The summed E-state index contributed by atoms with van der Waals surface area (Å²) in [5.41, 5.74) is 0.403. The number of rotatable bonds is 10. The van der Waals surface area contributed by atoms with Crippen molar-refractivity contribution < 1.29 is 23.9 Å². The zero-order chi connectivity index (χ0) is 20.4. The van der Waals surface area contributed by atoms with Gasteiger partial charge in [0.15, 0.2) is 0 Å². The molecule has 7 nitrogen and oxygen atoms in total. The molecule has 0 bridgehead atoms. The molecule has 1 aliphatic rings. The van der Waals surface area contributed by atoms with Gasteiger partial charge in [-0.3, -0.25) is 14.4 Å². The van der Waals surface area contributed by atoms with Crippen LogP contribution in [0.5, 0.6) is 5.75 Å². The molecule has 0 radical (unpaired) electrons. The maximum atomic E-state index is 13.2. The van der Waals surface area contributed by atoms with Crippen molar-refractivity contribution >= 4 is 17.8 Å². The van der Waals surface area contributed by atoms with Crippen LogP contribution in [0, 0.1) is 0 Å². The van der Waals surface area contributed by atoms with E-state index in [-0.39, 0.29) is 18.2 Å². The largest absolute Gasteiger partial charge is 0.493 e. The Morgan fingerprint density at radius 1 is 1.14 bits per heavy atom. The molecule has 7 heteroatoms. The number of nitrogens with one attached hydrogen (secondary N) is 1. The maximum absolute atomic E-state index is 13.2. The summed E-state index contributed by atoms with van der Waals surface area (Å²) in [6.45, 7) is 5.53. The molecule has 1 aliphatic heterocycles. The first kappa shape index (κ1) is 21.7. The quantitative estimate of drug-likeness (QED) is 0.490. The third kappa shape index (κ3) is 5.97. The van der Waals surface area contributed by atoms with Crippen LogP contribution in [0.3, 0.4) is 0 Å². The minimum Gasteiger partial charge on any atom is -0.493 e. The van der Waals surface area contributed by atoms with Crippen LogP contribution >= 0.6 is 0 Å². The van der Waals surface area contributed by atoms with E-state index in [1.807, 2.05) is 13.0 Å². The topological polar surface area (TPSA) is 84.9 Å². The van der Waals surface area contributed by atoms with Crippen molar-refractivity contribution in [1.82, 2.24) is 10.2 Å². The number of hydrogen-bond acceptors (Lipinski definition) is 5. The highest BCUT2D eigenvalue weighted by molar-refractivity contribution is 6.01. The minimum atomic E-state index is -0.876. The second-order valence-electron chi connectivity index (χ2n) is 6.78. The van der Waals surface area contributed by atoms with E-state index >= 15 is 0 Å². The van der Waals surface area contributed by atoms with Gasteiger partial charge in [-0.05, 0) is 25.0 Å². The molecule has 0 aromatic heterocycles.